The van der Waals surface area contributed by atoms with Crippen LogP contribution in [0.3, 0.4) is 0 Å². The van der Waals surface area contributed by atoms with Crippen molar-refractivity contribution in [2.75, 3.05) is 0 Å². The summed E-state index contributed by atoms with van der Waals surface area (Å²) < 4.78 is 5.45. The monoisotopic (exact) mass is 257 g/mol. The van der Waals surface area contributed by atoms with Crippen LogP contribution in [0.1, 0.15) is 36.7 Å². The number of ether oxygens (including phenoxy) is 1. The van der Waals surface area contributed by atoms with Crippen molar-refractivity contribution in [1.29, 1.82) is 0 Å². The topological polar surface area (TPSA) is 52.3 Å². The first kappa shape index (κ1) is 13.6. The Morgan fingerprint density at radius 3 is 2.53 bits per heavy atom. The van der Waals surface area contributed by atoms with Gasteiger partial charge < -0.3 is 10.5 Å². The van der Waals surface area contributed by atoms with Crippen LogP contribution >= 0.6 is 0 Å². The van der Waals surface area contributed by atoms with Crippen LogP contribution < -0.4 is 5.73 Å². The Morgan fingerprint density at radius 1 is 1.21 bits per heavy atom. The third-order valence-corrected chi connectivity index (χ3v) is 2.78. The van der Waals surface area contributed by atoms with E-state index < -0.39 is 5.60 Å². The Labute approximate surface area is 113 Å². The summed E-state index contributed by atoms with van der Waals surface area (Å²) in [5.41, 5.74) is 6.69. The average molecular weight is 257 g/mol. The summed E-state index contributed by atoms with van der Waals surface area (Å²) in [6, 6.07) is 11.6. The predicted molar refractivity (Wildman–Crippen MR) is 77.0 cm³/mol. The van der Waals surface area contributed by atoms with Crippen molar-refractivity contribution in [1.82, 2.24) is 0 Å². The summed E-state index contributed by atoms with van der Waals surface area (Å²) in [5.74, 6) is -0.306. The summed E-state index contributed by atoms with van der Waals surface area (Å²) in [5, 5.41) is 1.90. The summed E-state index contributed by atoms with van der Waals surface area (Å²) >= 11 is 0. The maximum Gasteiger partial charge on any atom is 0.339 e. The Balaban J connectivity index is 2.54. The number of nitrogens with two attached hydrogens (primary N) is 1. The summed E-state index contributed by atoms with van der Waals surface area (Å²) in [6.45, 7) is 5.99. The highest BCUT2D eigenvalue weighted by Gasteiger charge is 2.20. The standard InChI is InChI=1S/C16H19NO2/c1-16(2,3)19-15(18)14-9-11(10-17)8-12-6-4-5-7-13(12)14/h4-9H,10,17H2,1-3H3. The van der Waals surface area contributed by atoms with E-state index in [4.69, 9.17) is 10.5 Å². The Morgan fingerprint density at radius 2 is 1.89 bits per heavy atom. The van der Waals surface area contributed by atoms with Gasteiger partial charge in [-0.05, 0) is 49.2 Å². The highest BCUT2D eigenvalue weighted by Crippen LogP contribution is 2.23. The molecule has 0 spiro atoms. The van der Waals surface area contributed by atoms with Crippen molar-refractivity contribution < 1.29 is 9.53 Å². The Hall–Kier alpha value is -1.87. The smallest absolute Gasteiger partial charge is 0.339 e. The number of carbonyl (C=O) groups excluding carboxylic acids is 1. The molecule has 3 heteroatoms. The van der Waals surface area contributed by atoms with Crippen LogP contribution in [0.25, 0.3) is 10.8 Å². The molecular weight excluding hydrogens is 238 g/mol. The van der Waals surface area contributed by atoms with Gasteiger partial charge in [0.2, 0.25) is 0 Å². The molecule has 0 heterocycles. The van der Waals surface area contributed by atoms with Gasteiger partial charge in [-0.1, -0.05) is 24.3 Å². The van der Waals surface area contributed by atoms with Gasteiger partial charge in [0.25, 0.3) is 0 Å². The number of fused-ring (bicyclic) bond motifs is 1. The quantitative estimate of drug-likeness (QED) is 0.840. The van der Waals surface area contributed by atoms with Crippen LogP contribution in [0.5, 0.6) is 0 Å². The molecular formula is C16H19NO2. The van der Waals surface area contributed by atoms with E-state index in [0.717, 1.165) is 16.3 Å². The van der Waals surface area contributed by atoms with Crippen LogP contribution in [0.4, 0.5) is 0 Å². The maximum atomic E-state index is 12.3. The molecule has 0 radical (unpaired) electrons. The lowest BCUT2D eigenvalue weighted by atomic mass is 10.0. The van der Waals surface area contributed by atoms with E-state index in [9.17, 15) is 4.79 Å². The average Bonchev–Trinajstić information content (AvgIpc) is 2.35. The molecule has 2 rings (SSSR count). The Kier molecular flexibility index (Phi) is 3.58. The fourth-order valence-corrected chi connectivity index (χ4v) is 1.99. The number of carbonyl (C=O) groups is 1. The van der Waals surface area contributed by atoms with E-state index in [1.54, 1.807) is 0 Å². The van der Waals surface area contributed by atoms with Crippen LogP contribution in [0, 0.1) is 0 Å². The summed E-state index contributed by atoms with van der Waals surface area (Å²) in [6.07, 6.45) is 0. The van der Waals surface area contributed by atoms with Gasteiger partial charge in [0, 0.05) is 6.54 Å². The molecule has 0 aliphatic carbocycles. The molecule has 2 N–H and O–H groups in total. The molecule has 2 aromatic carbocycles. The van der Waals surface area contributed by atoms with Gasteiger partial charge in [-0.3, -0.25) is 0 Å². The SMILES string of the molecule is CC(C)(C)OC(=O)c1cc(CN)cc2ccccc12. The zero-order valence-corrected chi connectivity index (χ0v) is 11.6. The van der Waals surface area contributed by atoms with E-state index in [-0.39, 0.29) is 5.97 Å². The first-order chi connectivity index (χ1) is 8.90. The van der Waals surface area contributed by atoms with Crippen molar-refractivity contribution in [2.24, 2.45) is 5.73 Å². The Bertz CT molecular complexity index is 612. The van der Waals surface area contributed by atoms with Gasteiger partial charge in [-0.15, -0.1) is 0 Å². The van der Waals surface area contributed by atoms with Crippen molar-refractivity contribution in [3.63, 3.8) is 0 Å². The summed E-state index contributed by atoms with van der Waals surface area (Å²) in [4.78, 5) is 12.3. The zero-order valence-electron chi connectivity index (χ0n) is 11.6. The van der Waals surface area contributed by atoms with Crippen LogP contribution in [0.15, 0.2) is 36.4 Å². The van der Waals surface area contributed by atoms with Gasteiger partial charge in [0.05, 0.1) is 5.56 Å². The van der Waals surface area contributed by atoms with Crippen LogP contribution in [-0.2, 0) is 11.3 Å². The molecule has 0 saturated heterocycles. The molecule has 0 aliphatic rings. The van der Waals surface area contributed by atoms with Gasteiger partial charge in [-0.2, -0.15) is 0 Å². The molecule has 0 amide bonds. The number of esters is 1. The van der Waals surface area contributed by atoms with Crippen LogP contribution in [-0.4, -0.2) is 11.6 Å². The van der Waals surface area contributed by atoms with Gasteiger partial charge in [0.15, 0.2) is 0 Å². The lowest BCUT2D eigenvalue weighted by Crippen LogP contribution is -2.24. The molecule has 0 fully saturated rings. The van der Waals surface area contributed by atoms with E-state index in [1.165, 1.54) is 0 Å². The second-order valence-corrected chi connectivity index (χ2v) is 5.57. The first-order valence-corrected chi connectivity index (χ1v) is 6.36. The molecule has 0 bridgehead atoms. The van der Waals surface area contributed by atoms with Gasteiger partial charge in [0.1, 0.15) is 5.60 Å². The lowest BCUT2D eigenvalue weighted by molar-refractivity contribution is 0.00717. The minimum atomic E-state index is -0.503. The molecule has 100 valence electrons. The molecule has 0 atom stereocenters. The zero-order chi connectivity index (χ0) is 14.0. The number of benzene rings is 2. The number of hydrogen-bond donors (Lipinski definition) is 1. The fourth-order valence-electron chi connectivity index (χ4n) is 1.99. The highest BCUT2D eigenvalue weighted by molar-refractivity contribution is 6.05. The third kappa shape index (κ3) is 3.12. The lowest BCUT2D eigenvalue weighted by Gasteiger charge is -2.20. The van der Waals surface area contributed by atoms with E-state index in [1.807, 2.05) is 57.2 Å². The fraction of sp³-hybridized carbons (Fsp3) is 0.312. The second kappa shape index (κ2) is 5.02. The molecule has 19 heavy (non-hydrogen) atoms. The largest absolute Gasteiger partial charge is 0.456 e. The maximum absolute atomic E-state index is 12.3. The summed E-state index contributed by atoms with van der Waals surface area (Å²) in [7, 11) is 0. The predicted octanol–water partition coefficient (Wildman–Crippen LogP) is 3.25. The van der Waals surface area contributed by atoms with Crippen LogP contribution in [0.2, 0.25) is 0 Å². The number of hydrogen-bond acceptors (Lipinski definition) is 3. The van der Waals surface area contributed by atoms with Crippen molar-refractivity contribution in [3.8, 4) is 0 Å². The highest BCUT2D eigenvalue weighted by atomic mass is 16.6. The van der Waals surface area contributed by atoms with E-state index >= 15 is 0 Å². The molecule has 0 aromatic heterocycles. The molecule has 3 nitrogen and oxygen atoms in total. The van der Waals surface area contributed by atoms with Gasteiger partial charge >= 0.3 is 5.97 Å². The van der Waals surface area contributed by atoms with Crippen molar-refractivity contribution >= 4 is 16.7 Å². The van der Waals surface area contributed by atoms with Gasteiger partial charge in [-0.25, -0.2) is 4.79 Å². The van der Waals surface area contributed by atoms with Crippen molar-refractivity contribution in [3.05, 3.63) is 47.5 Å². The minimum absolute atomic E-state index is 0.306. The van der Waals surface area contributed by atoms with E-state index in [2.05, 4.69) is 0 Å². The second-order valence-electron chi connectivity index (χ2n) is 5.57. The number of rotatable bonds is 2. The third-order valence-electron chi connectivity index (χ3n) is 2.78. The normalized spacial score (nSPS) is 11.6. The molecule has 0 saturated carbocycles. The molecule has 2 aromatic rings. The van der Waals surface area contributed by atoms with E-state index in [0.29, 0.717) is 12.1 Å². The molecule has 0 unspecified atom stereocenters. The minimum Gasteiger partial charge on any atom is -0.456 e. The first-order valence-electron chi connectivity index (χ1n) is 6.36. The van der Waals surface area contributed by atoms with Crippen molar-refractivity contribution in [2.45, 2.75) is 32.9 Å². The molecule has 0 aliphatic heterocycles.